The first kappa shape index (κ1) is 19.3. The van der Waals surface area contributed by atoms with Gasteiger partial charge in [0, 0.05) is 31.8 Å². The average molecular weight is 364 g/mol. The molecule has 1 aliphatic heterocycles. The van der Waals surface area contributed by atoms with Crippen LogP contribution in [-0.2, 0) is 6.54 Å². The molecule has 0 amide bonds. The van der Waals surface area contributed by atoms with Crippen molar-refractivity contribution >= 4 is 11.8 Å². The molecule has 0 saturated carbocycles. The lowest BCUT2D eigenvalue weighted by Crippen LogP contribution is -2.30. The molecule has 4 nitrogen and oxygen atoms in total. The summed E-state index contributed by atoms with van der Waals surface area (Å²) in [6.45, 7) is 7.56. The highest BCUT2D eigenvalue weighted by Gasteiger charge is 2.15. The van der Waals surface area contributed by atoms with E-state index in [0.29, 0.717) is 5.92 Å². The molecule has 1 unspecified atom stereocenters. The number of hydrogen-bond acceptors (Lipinski definition) is 3. The van der Waals surface area contributed by atoms with E-state index in [4.69, 9.17) is 0 Å². The van der Waals surface area contributed by atoms with Crippen LogP contribution < -0.4 is 0 Å². The normalized spacial score (nSPS) is 16.1. The Hall–Kier alpha value is -2.46. The Bertz CT molecular complexity index is 801. The minimum atomic E-state index is -0.336. The third-order valence-electron chi connectivity index (χ3n) is 5.52. The van der Waals surface area contributed by atoms with E-state index in [2.05, 4.69) is 49.1 Å². The summed E-state index contributed by atoms with van der Waals surface area (Å²) in [7, 11) is 0. The minimum Gasteiger partial charge on any atom is -0.298 e. The van der Waals surface area contributed by atoms with Crippen LogP contribution in [0.5, 0.6) is 0 Å². The summed E-state index contributed by atoms with van der Waals surface area (Å²) in [4.78, 5) is 13.1. The summed E-state index contributed by atoms with van der Waals surface area (Å²) in [5, 5.41) is 10.9. The molecule has 4 heteroatoms. The van der Waals surface area contributed by atoms with E-state index in [9.17, 15) is 10.1 Å². The summed E-state index contributed by atoms with van der Waals surface area (Å²) in [5.41, 5.74) is 5.24. The SMILES string of the molecule is CCC(C)c1ccc(CN2CCC(=Cc3cccc([N+](=O)[O-])c3)CC2)cc1. The summed E-state index contributed by atoms with van der Waals surface area (Å²) in [6.07, 6.45) is 5.33. The van der Waals surface area contributed by atoms with E-state index in [1.54, 1.807) is 12.1 Å². The Morgan fingerprint density at radius 2 is 1.85 bits per heavy atom. The fourth-order valence-electron chi connectivity index (χ4n) is 3.55. The van der Waals surface area contributed by atoms with Crippen LogP contribution in [0.4, 0.5) is 5.69 Å². The van der Waals surface area contributed by atoms with E-state index in [-0.39, 0.29) is 10.6 Å². The number of hydrogen-bond donors (Lipinski definition) is 0. The second kappa shape index (κ2) is 8.96. The van der Waals surface area contributed by atoms with Crippen LogP contribution in [0.1, 0.15) is 55.7 Å². The summed E-state index contributed by atoms with van der Waals surface area (Å²) < 4.78 is 0. The molecule has 0 aliphatic carbocycles. The molecule has 27 heavy (non-hydrogen) atoms. The first-order valence-corrected chi connectivity index (χ1v) is 9.80. The van der Waals surface area contributed by atoms with Crippen LogP contribution >= 0.6 is 0 Å². The highest BCUT2D eigenvalue weighted by molar-refractivity contribution is 5.56. The predicted molar refractivity (Wildman–Crippen MR) is 111 cm³/mol. The van der Waals surface area contributed by atoms with E-state index in [1.807, 2.05) is 6.07 Å². The molecule has 0 bridgehead atoms. The summed E-state index contributed by atoms with van der Waals surface area (Å²) in [6, 6.07) is 15.9. The van der Waals surface area contributed by atoms with E-state index >= 15 is 0 Å². The van der Waals surface area contributed by atoms with E-state index in [1.165, 1.54) is 29.2 Å². The number of likely N-dealkylation sites (tertiary alicyclic amines) is 1. The molecule has 1 atom stereocenters. The molecular weight excluding hydrogens is 336 g/mol. The van der Waals surface area contributed by atoms with Crippen LogP contribution in [-0.4, -0.2) is 22.9 Å². The van der Waals surface area contributed by atoms with Gasteiger partial charge < -0.3 is 0 Å². The van der Waals surface area contributed by atoms with Gasteiger partial charge in [-0.25, -0.2) is 0 Å². The molecule has 0 N–H and O–H groups in total. The molecular formula is C23H28N2O2. The Balaban J connectivity index is 1.56. The first-order chi connectivity index (χ1) is 13.0. The van der Waals surface area contributed by atoms with Crippen molar-refractivity contribution in [3.63, 3.8) is 0 Å². The third kappa shape index (κ3) is 5.27. The number of nitro groups is 1. The topological polar surface area (TPSA) is 46.4 Å². The Labute approximate surface area is 161 Å². The Morgan fingerprint density at radius 3 is 2.48 bits per heavy atom. The average Bonchev–Trinajstić information content (AvgIpc) is 2.69. The molecule has 3 rings (SSSR count). The molecule has 1 fully saturated rings. The maximum Gasteiger partial charge on any atom is 0.270 e. The fraction of sp³-hybridized carbons (Fsp3) is 0.391. The van der Waals surface area contributed by atoms with Gasteiger partial charge in [-0.2, -0.15) is 0 Å². The molecule has 2 aromatic rings. The Kier molecular flexibility index (Phi) is 6.40. The van der Waals surface area contributed by atoms with Crippen molar-refractivity contribution in [2.45, 2.75) is 45.6 Å². The van der Waals surface area contributed by atoms with E-state index < -0.39 is 0 Å². The maximum atomic E-state index is 10.9. The van der Waals surface area contributed by atoms with Crippen LogP contribution in [0, 0.1) is 10.1 Å². The molecule has 0 aromatic heterocycles. The van der Waals surface area contributed by atoms with Crippen LogP contribution in [0.3, 0.4) is 0 Å². The molecule has 1 aliphatic rings. The molecule has 0 radical (unpaired) electrons. The number of benzene rings is 2. The summed E-state index contributed by atoms with van der Waals surface area (Å²) >= 11 is 0. The molecule has 1 saturated heterocycles. The first-order valence-electron chi connectivity index (χ1n) is 9.80. The lowest BCUT2D eigenvalue weighted by molar-refractivity contribution is -0.384. The van der Waals surface area contributed by atoms with E-state index in [0.717, 1.165) is 38.0 Å². The zero-order valence-corrected chi connectivity index (χ0v) is 16.2. The van der Waals surface area contributed by atoms with Crippen molar-refractivity contribution in [2.24, 2.45) is 0 Å². The number of nitro benzene ring substituents is 1. The third-order valence-corrected chi connectivity index (χ3v) is 5.52. The molecule has 2 aromatic carbocycles. The van der Waals surface area contributed by atoms with Gasteiger partial charge in [0.2, 0.25) is 0 Å². The lowest BCUT2D eigenvalue weighted by atomic mass is 9.97. The highest BCUT2D eigenvalue weighted by atomic mass is 16.6. The van der Waals surface area contributed by atoms with Gasteiger partial charge in [0.15, 0.2) is 0 Å². The van der Waals surface area contributed by atoms with Gasteiger partial charge in [0.05, 0.1) is 4.92 Å². The van der Waals surface area contributed by atoms with Gasteiger partial charge in [-0.3, -0.25) is 15.0 Å². The monoisotopic (exact) mass is 364 g/mol. The van der Waals surface area contributed by atoms with Gasteiger partial charge in [0.1, 0.15) is 0 Å². The maximum absolute atomic E-state index is 10.9. The standard InChI is InChI=1S/C23H28N2O2/c1-3-18(2)22-9-7-20(8-10-22)17-24-13-11-19(12-14-24)15-21-5-4-6-23(16-21)25(26)27/h4-10,15-16,18H,3,11-14,17H2,1-2H3. The van der Waals surface area contributed by atoms with Gasteiger partial charge >= 0.3 is 0 Å². The van der Waals surface area contributed by atoms with Gasteiger partial charge in [-0.05, 0) is 41.9 Å². The zero-order valence-electron chi connectivity index (χ0n) is 16.2. The molecule has 0 spiro atoms. The van der Waals surface area contributed by atoms with Crippen LogP contribution in [0.2, 0.25) is 0 Å². The van der Waals surface area contributed by atoms with Crippen molar-refractivity contribution in [3.8, 4) is 0 Å². The zero-order chi connectivity index (χ0) is 19.2. The largest absolute Gasteiger partial charge is 0.298 e. The number of rotatable bonds is 6. The van der Waals surface area contributed by atoms with Gasteiger partial charge in [0.25, 0.3) is 5.69 Å². The van der Waals surface area contributed by atoms with Crippen molar-refractivity contribution in [1.82, 2.24) is 4.90 Å². The van der Waals surface area contributed by atoms with Gasteiger partial charge in [-0.15, -0.1) is 0 Å². The lowest BCUT2D eigenvalue weighted by Gasteiger charge is -2.28. The van der Waals surface area contributed by atoms with Crippen molar-refractivity contribution in [1.29, 1.82) is 0 Å². The smallest absolute Gasteiger partial charge is 0.270 e. The van der Waals surface area contributed by atoms with Crippen LogP contribution in [0.15, 0.2) is 54.1 Å². The van der Waals surface area contributed by atoms with Crippen molar-refractivity contribution in [3.05, 3.63) is 80.9 Å². The van der Waals surface area contributed by atoms with Gasteiger partial charge in [-0.1, -0.05) is 61.9 Å². The molecule has 142 valence electrons. The Morgan fingerprint density at radius 1 is 1.15 bits per heavy atom. The minimum absolute atomic E-state index is 0.155. The fourth-order valence-corrected chi connectivity index (χ4v) is 3.55. The molecule has 1 heterocycles. The number of piperidine rings is 1. The number of non-ortho nitro benzene ring substituents is 1. The summed E-state index contributed by atoms with van der Waals surface area (Å²) in [5.74, 6) is 0.621. The number of nitrogens with zero attached hydrogens (tertiary/aromatic N) is 2. The van der Waals surface area contributed by atoms with Crippen molar-refractivity contribution in [2.75, 3.05) is 13.1 Å². The highest BCUT2D eigenvalue weighted by Crippen LogP contribution is 2.24. The van der Waals surface area contributed by atoms with Crippen molar-refractivity contribution < 1.29 is 4.92 Å². The second-order valence-corrected chi connectivity index (χ2v) is 7.48. The second-order valence-electron chi connectivity index (χ2n) is 7.48. The quantitative estimate of drug-likeness (QED) is 0.481. The van der Waals surface area contributed by atoms with Crippen LogP contribution in [0.25, 0.3) is 6.08 Å². The predicted octanol–water partition coefficient (Wildman–Crippen LogP) is 5.79.